The summed E-state index contributed by atoms with van der Waals surface area (Å²) in [6.45, 7) is 5.41. The Morgan fingerprint density at radius 3 is 2.36 bits per heavy atom. The molecule has 9 heteroatoms. The molecule has 0 heterocycles. The van der Waals surface area contributed by atoms with Crippen LogP contribution in [0.1, 0.15) is 31.4 Å². The molecule has 0 spiro atoms. The first kappa shape index (κ1) is 25.4. The Labute approximate surface area is 193 Å². The second kappa shape index (κ2) is 12.8. The highest BCUT2D eigenvalue weighted by Crippen LogP contribution is 2.16. The van der Waals surface area contributed by atoms with Crippen LogP contribution in [-0.4, -0.2) is 43.2 Å². The Hall–Kier alpha value is -3.88. The van der Waals surface area contributed by atoms with Crippen LogP contribution in [0.25, 0.3) is 0 Å². The first-order chi connectivity index (χ1) is 15.7. The Morgan fingerprint density at radius 1 is 1.03 bits per heavy atom. The van der Waals surface area contributed by atoms with Crippen molar-refractivity contribution >= 4 is 23.9 Å². The van der Waals surface area contributed by atoms with Crippen molar-refractivity contribution in [2.24, 2.45) is 16.8 Å². The maximum absolute atomic E-state index is 12.6. The fourth-order valence-electron chi connectivity index (χ4n) is 2.85. The van der Waals surface area contributed by atoms with Gasteiger partial charge in [0, 0.05) is 0 Å². The Kier molecular flexibility index (Phi) is 9.88. The number of primary amides is 1. The summed E-state index contributed by atoms with van der Waals surface area (Å²) in [7, 11) is 0. The van der Waals surface area contributed by atoms with Gasteiger partial charge in [-0.15, -0.1) is 0 Å². The highest BCUT2D eigenvalue weighted by molar-refractivity contribution is 5.89. The number of rotatable bonds is 12. The number of nitrogens with two attached hydrogens (primary N) is 1. The van der Waals surface area contributed by atoms with Gasteiger partial charge in [0.15, 0.2) is 13.2 Å². The third-order valence-corrected chi connectivity index (χ3v) is 4.46. The van der Waals surface area contributed by atoms with E-state index in [1.165, 1.54) is 6.21 Å². The minimum Gasteiger partial charge on any atom is -0.484 e. The fraction of sp³-hybridized carbons (Fsp3) is 0.333. The number of hydrazone groups is 1. The number of nitrogens with zero attached hydrogens (tertiary/aromatic N) is 1. The van der Waals surface area contributed by atoms with Gasteiger partial charge in [0.2, 0.25) is 0 Å². The van der Waals surface area contributed by atoms with Gasteiger partial charge in [-0.1, -0.05) is 32.0 Å². The fourth-order valence-corrected chi connectivity index (χ4v) is 2.85. The molecule has 9 nitrogen and oxygen atoms in total. The molecule has 0 fully saturated rings. The predicted octanol–water partition coefficient (Wildman–Crippen LogP) is 1.92. The molecule has 0 radical (unpaired) electrons. The largest absolute Gasteiger partial charge is 0.484 e. The minimum atomic E-state index is -0.750. The highest BCUT2D eigenvalue weighted by Gasteiger charge is 2.22. The number of hydrogen-bond donors (Lipinski definition) is 3. The number of benzene rings is 2. The van der Waals surface area contributed by atoms with Crippen molar-refractivity contribution in [3.8, 4) is 11.5 Å². The van der Waals surface area contributed by atoms with Crippen molar-refractivity contribution in [3.05, 3.63) is 59.7 Å². The average molecular weight is 455 g/mol. The number of aryl methyl sites for hydroxylation is 1. The van der Waals surface area contributed by atoms with Gasteiger partial charge in [-0.2, -0.15) is 5.10 Å². The topological polar surface area (TPSA) is 132 Å². The third kappa shape index (κ3) is 9.42. The summed E-state index contributed by atoms with van der Waals surface area (Å²) in [5.41, 5.74) is 9.13. The standard InChI is InChI=1S/C24H30N4O5/c1-16(2)12-20(27-23(30)15-33-21-7-5-4-6-17(21)3)24(31)28-26-13-18-8-10-19(11-9-18)32-14-22(25)29/h4-11,13,16,20H,12,14-15H2,1-3H3,(H2,25,29)(H,27,30)(H,28,31)/b26-13-/t20-/m1/s1. The van der Waals surface area contributed by atoms with Crippen molar-refractivity contribution in [1.82, 2.24) is 10.7 Å². The SMILES string of the molecule is Cc1ccccc1OCC(=O)N[C@H](CC(C)C)C(=O)N/N=C\c1ccc(OCC(N)=O)cc1. The number of para-hydroxylation sites is 1. The van der Waals surface area contributed by atoms with Gasteiger partial charge in [-0.3, -0.25) is 14.4 Å². The lowest BCUT2D eigenvalue weighted by Gasteiger charge is -2.19. The van der Waals surface area contributed by atoms with E-state index in [1.54, 1.807) is 30.3 Å². The number of hydrogen-bond acceptors (Lipinski definition) is 6. The van der Waals surface area contributed by atoms with Crippen LogP contribution in [0.5, 0.6) is 11.5 Å². The monoisotopic (exact) mass is 454 g/mol. The van der Waals surface area contributed by atoms with E-state index in [1.807, 2.05) is 39.0 Å². The first-order valence-corrected chi connectivity index (χ1v) is 10.6. The van der Waals surface area contributed by atoms with E-state index in [2.05, 4.69) is 15.8 Å². The van der Waals surface area contributed by atoms with Gasteiger partial charge >= 0.3 is 0 Å². The second-order valence-corrected chi connectivity index (χ2v) is 7.86. The molecule has 2 aromatic carbocycles. The van der Waals surface area contributed by atoms with Crippen molar-refractivity contribution in [2.45, 2.75) is 33.2 Å². The Morgan fingerprint density at radius 2 is 1.73 bits per heavy atom. The summed E-state index contributed by atoms with van der Waals surface area (Å²) in [4.78, 5) is 35.7. The molecule has 0 bridgehead atoms. The van der Waals surface area contributed by atoms with Gasteiger partial charge in [0.05, 0.1) is 6.21 Å². The molecule has 0 aromatic heterocycles. The lowest BCUT2D eigenvalue weighted by Crippen LogP contribution is -2.47. The number of nitrogens with one attached hydrogen (secondary N) is 2. The molecule has 33 heavy (non-hydrogen) atoms. The molecule has 1 atom stereocenters. The summed E-state index contributed by atoms with van der Waals surface area (Å²) in [5.74, 6) is -0.0978. The third-order valence-electron chi connectivity index (χ3n) is 4.46. The number of carbonyl (C=O) groups excluding carboxylic acids is 3. The van der Waals surface area contributed by atoms with Gasteiger partial charge < -0.3 is 20.5 Å². The van der Waals surface area contributed by atoms with E-state index in [9.17, 15) is 14.4 Å². The van der Waals surface area contributed by atoms with Gasteiger partial charge in [0.1, 0.15) is 17.5 Å². The Balaban J connectivity index is 1.89. The second-order valence-electron chi connectivity index (χ2n) is 7.86. The Bertz CT molecular complexity index is 973. The van der Waals surface area contributed by atoms with E-state index < -0.39 is 23.8 Å². The molecule has 0 aliphatic rings. The summed E-state index contributed by atoms with van der Waals surface area (Å²) in [6, 6.07) is 13.4. The molecule has 176 valence electrons. The minimum absolute atomic E-state index is 0.176. The van der Waals surface area contributed by atoms with Gasteiger partial charge in [0.25, 0.3) is 17.7 Å². The lowest BCUT2D eigenvalue weighted by molar-refractivity contribution is -0.130. The lowest BCUT2D eigenvalue weighted by atomic mass is 10.0. The molecule has 3 amide bonds. The zero-order valence-electron chi connectivity index (χ0n) is 19.0. The van der Waals surface area contributed by atoms with Gasteiger partial charge in [-0.25, -0.2) is 5.43 Å². The predicted molar refractivity (Wildman–Crippen MR) is 125 cm³/mol. The van der Waals surface area contributed by atoms with Gasteiger partial charge in [-0.05, 0) is 60.7 Å². The van der Waals surface area contributed by atoms with Crippen LogP contribution in [0.4, 0.5) is 0 Å². The summed E-state index contributed by atoms with van der Waals surface area (Å²) in [6.07, 6.45) is 1.91. The van der Waals surface area contributed by atoms with E-state index in [4.69, 9.17) is 15.2 Å². The number of amides is 3. The van der Waals surface area contributed by atoms with Crippen LogP contribution < -0.4 is 25.9 Å². The summed E-state index contributed by atoms with van der Waals surface area (Å²) >= 11 is 0. The van der Waals surface area contributed by atoms with Crippen LogP contribution in [0.2, 0.25) is 0 Å². The van der Waals surface area contributed by atoms with Crippen LogP contribution in [0, 0.1) is 12.8 Å². The molecule has 0 aliphatic carbocycles. The average Bonchev–Trinajstić information content (AvgIpc) is 2.77. The smallest absolute Gasteiger partial charge is 0.262 e. The highest BCUT2D eigenvalue weighted by atomic mass is 16.5. The molecule has 2 rings (SSSR count). The maximum atomic E-state index is 12.6. The maximum Gasteiger partial charge on any atom is 0.262 e. The summed E-state index contributed by atoms with van der Waals surface area (Å²) < 4.78 is 10.7. The first-order valence-electron chi connectivity index (χ1n) is 10.6. The summed E-state index contributed by atoms with van der Waals surface area (Å²) in [5, 5.41) is 6.68. The zero-order valence-corrected chi connectivity index (χ0v) is 19.0. The normalized spacial score (nSPS) is 11.8. The van der Waals surface area contributed by atoms with E-state index >= 15 is 0 Å². The van der Waals surface area contributed by atoms with Crippen molar-refractivity contribution < 1.29 is 23.9 Å². The molecular formula is C24H30N4O5. The molecule has 0 aliphatic heterocycles. The molecule has 4 N–H and O–H groups in total. The van der Waals surface area contributed by atoms with Crippen LogP contribution >= 0.6 is 0 Å². The molecule has 2 aromatic rings. The number of carbonyl (C=O) groups is 3. The van der Waals surface area contributed by atoms with Crippen LogP contribution in [0.3, 0.4) is 0 Å². The van der Waals surface area contributed by atoms with E-state index in [0.29, 0.717) is 23.5 Å². The molecule has 0 unspecified atom stereocenters. The van der Waals surface area contributed by atoms with Crippen molar-refractivity contribution in [2.75, 3.05) is 13.2 Å². The zero-order chi connectivity index (χ0) is 24.2. The van der Waals surface area contributed by atoms with E-state index in [-0.39, 0.29) is 19.1 Å². The molecule has 0 saturated heterocycles. The van der Waals surface area contributed by atoms with Crippen molar-refractivity contribution in [1.29, 1.82) is 0 Å². The van der Waals surface area contributed by atoms with Crippen LogP contribution in [0.15, 0.2) is 53.6 Å². The number of ether oxygens (including phenoxy) is 2. The van der Waals surface area contributed by atoms with E-state index in [0.717, 1.165) is 5.56 Å². The van der Waals surface area contributed by atoms with Crippen LogP contribution in [-0.2, 0) is 14.4 Å². The quantitative estimate of drug-likeness (QED) is 0.333. The van der Waals surface area contributed by atoms with Crippen molar-refractivity contribution in [3.63, 3.8) is 0 Å². The molecular weight excluding hydrogens is 424 g/mol. The molecule has 0 saturated carbocycles.